The second-order valence-corrected chi connectivity index (χ2v) is 7.77. The molecule has 0 saturated heterocycles. The van der Waals surface area contributed by atoms with Crippen LogP contribution in [0.25, 0.3) is 5.57 Å². The van der Waals surface area contributed by atoms with E-state index in [2.05, 4.69) is 5.32 Å². The molecular weight excluding hydrogens is 358 g/mol. The summed E-state index contributed by atoms with van der Waals surface area (Å²) in [4.78, 5) is 24.7. The van der Waals surface area contributed by atoms with Crippen molar-refractivity contribution in [3.8, 4) is 11.5 Å². The van der Waals surface area contributed by atoms with Gasteiger partial charge >= 0.3 is 0 Å². The molecule has 0 radical (unpaired) electrons. The second kappa shape index (κ2) is 6.49. The summed E-state index contributed by atoms with van der Waals surface area (Å²) in [5, 5.41) is 22.0. The van der Waals surface area contributed by atoms with E-state index in [-0.39, 0.29) is 18.3 Å². The lowest BCUT2D eigenvalue weighted by Crippen LogP contribution is -2.39. The maximum Gasteiger partial charge on any atom is 0.259 e. The SMILES string of the molecule is CC(C)(O)[C@H]1Cc2ccc(CC3=C(c4ccc(O)cc4)C(=O)NC3=O)cc2O1. The summed E-state index contributed by atoms with van der Waals surface area (Å²) in [6, 6.07) is 11.9. The number of phenols is 1. The predicted octanol–water partition coefficient (Wildman–Crippen LogP) is 2.12. The largest absolute Gasteiger partial charge is 0.508 e. The van der Waals surface area contributed by atoms with Gasteiger partial charge in [-0.15, -0.1) is 0 Å². The number of nitrogens with one attached hydrogen (secondary N) is 1. The van der Waals surface area contributed by atoms with Gasteiger partial charge in [-0.05, 0) is 48.7 Å². The normalized spacial score (nSPS) is 18.9. The molecule has 4 rings (SSSR count). The third-order valence-electron chi connectivity index (χ3n) is 5.16. The molecule has 28 heavy (non-hydrogen) atoms. The Morgan fingerprint density at radius 3 is 2.50 bits per heavy atom. The highest BCUT2D eigenvalue weighted by Gasteiger charge is 2.35. The lowest BCUT2D eigenvalue weighted by atomic mass is 9.94. The summed E-state index contributed by atoms with van der Waals surface area (Å²) in [7, 11) is 0. The van der Waals surface area contributed by atoms with Gasteiger partial charge in [-0.1, -0.05) is 24.3 Å². The Morgan fingerprint density at radius 2 is 1.82 bits per heavy atom. The van der Waals surface area contributed by atoms with Gasteiger partial charge < -0.3 is 14.9 Å². The van der Waals surface area contributed by atoms with E-state index in [4.69, 9.17) is 4.74 Å². The molecular formula is C22H21NO5. The highest BCUT2D eigenvalue weighted by Crippen LogP contribution is 2.35. The fourth-order valence-corrected chi connectivity index (χ4v) is 3.57. The van der Waals surface area contributed by atoms with Crippen LogP contribution in [0.4, 0.5) is 0 Å². The summed E-state index contributed by atoms with van der Waals surface area (Å²) < 4.78 is 5.89. The first-order chi connectivity index (χ1) is 13.2. The maximum atomic E-state index is 12.4. The molecule has 2 aromatic carbocycles. The van der Waals surface area contributed by atoms with E-state index in [0.29, 0.717) is 28.9 Å². The number of benzene rings is 2. The fourth-order valence-electron chi connectivity index (χ4n) is 3.57. The molecule has 144 valence electrons. The number of hydrogen-bond donors (Lipinski definition) is 3. The van der Waals surface area contributed by atoms with Crippen molar-refractivity contribution in [3.63, 3.8) is 0 Å². The van der Waals surface area contributed by atoms with Gasteiger partial charge in [0.05, 0.1) is 11.2 Å². The zero-order valence-corrected chi connectivity index (χ0v) is 15.7. The van der Waals surface area contributed by atoms with E-state index in [1.807, 2.05) is 18.2 Å². The molecule has 0 saturated carbocycles. The van der Waals surface area contributed by atoms with Crippen molar-refractivity contribution in [3.05, 3.63) is 64.7 Å². The van der Waals surface area contributed by atoms with E-state index in [1.54, 1.807) is 26.0 Å². The Hall–Kier alpha value is -3.12. The number of amides is 2. The predicted molar refractivity (Wildman–Crippen MR) is 103 cm³/mol. The number of rotatable bonds is 4. The molecule has 0 aromatic heterocycles. The van der Waals surface area contributed by atoms with Crippen molar-refractivity contribution in [2.24, 2.45) is 0 Å². The topological polar surface area (TPSA) is 95.9 Å². The number of hydrogen-bond acceptors (Lipinski definition) is 5. The van der Waals surface area contributed by atoms with Gasteiger partial charge in [0, 0.05) is 18.4 Å². The standard InChI is InChI=1S/C22H21NO5/c1-22(2,27)18-11-14-4-3-12(10-17(14)28-18)9-16-19(21(26)23-20(16)25)13-5-7-15(24)8-6-13/h3-8,10,18,24,27H,9,11H2,1-2H3,(H,23,25,26)/t18-/m1/s1. The highest BCUT2D eigenvalue weighted by molar-refractivity contribution is 6.36. The molecule has 0 spiro atoms. The van der Waals surface area contributed by atoms with Crippen LogP contribution in [0.3, 0.4) is 0 Å². The van der Waals surface area contributed by atoms with Crippen LogP contribution in [0.1, 0.15) is 30.5 Å². The number of ether oxygens (including phenoxy) is 1. The van der Waals surface area contributed by atoms with E-state index in [1.165, 1.54) is 12.1 Å². The molecule has 1 atom stereocenters. The minimum Gasteiger partial charge on any atom is -0.508 e. The van der Waals surface area contributed by atoms with Crippen LogP contribution >= 0.6 is 0 Å². The van der Waals surface area contributed by atoms with Crippen molar-refractivity contribution in [2.75, 3.05) is 0 Å². The van der Waals surface area contributed by atoms with E-state index < -0.39 is 17.4 Å². The zero-order chi connectivity index (χ0) is 20.1. The third kappa shape index (κ3) is 3.27. The van der Waals surface area contributed by atoms with Gasteiger partial charge in [0.15, 0.2) is 0 Å². The monoisotopic (exact) mass is 379 g/mol. The Morgan fingerprint density at radius 1 is 1.11 bits per heavy atom. The molecule has 0 aliphatic carbocycles. The third-order valence-corrected chi connectivity index (χ3v) is 5.16. The van der Waals surface area contributed by atoms with Crippen molar-refractivity contribution in [1.82, 2.24) is 5.32 Å². The molecule has 2 aromatic rings. The van der Waals surface area contributed by atoms with Crippen LogP contribution in [-0.4, -0.2) is 33.7 Å². The number of aromatic hydroxyl groups is 1. The van der Waals surface area contributed by atoms with Gasteiger partial charge in [0.1, 0.15) is 17.6 Å². The molecule has 6 heteroatoms. The highest BCUT2D eigenvalue weighted by atomic mass is 16.5. The van der Waals surface area contributed by atoms with Crippen molar-refractivity contribution >= 4 is 17.4 Å². The number of fused-ring (bicyclic) bond motifs is 1. The van der Waals surface area contributed by atoms with Crippen molar-refractivity contribution in [1.29, 1.82) is 0 Å². The Labute approximate surface area is 162 Å². The molecule has 2 aliphatic heterocycles. The Balaban J connectivity index is 1.66. The average Bonchev–Trinajstić information content (AvgIpc) is 3.17. The summed E-state index contributed by atoms with van der Waals surface area (Å²) >= 11 is 0. The molecule has 2 amide bonds. The van der Waals surface area contributed by atoms with Gasteiger partial charge in [-0.25, -0.2) is 0 Å². The molecule has 0 unspecified atom stereocenters. The maximum absolute atomic E-state index is 12.4. The quantitative estimate of drug-likeness (QED) is 0.707. The van der Waals surface area contributed by atoms with Crippen LogP contribution in [-0.2, 0) is 22.4 Å². The number of carbonyl (C=O) groups is 2. The lowest BCUT2D eigenvalue weighted by Gasteiger charge is -2.24. The van der Waals surface area contributed by atoms with Crippen LogP contribution in [0.5, 0.6) is 11.5 Å². The Bertz CT molecular complexity index is 999. The number of imide groups is 1. The van der Waals surface area contributed by atoms with Gasteiger partial charge in [-0.3, -0.25) is 14.9 Å². The summed E-state index contributed by atoms with van der Waals surface area (Å²) in [5.41, 5.74) is 2.18. The average molecular weight is 379 g/mol. The lowest BCUT2D eigenvalue weighted by molar-refractivity contribution is -0.123. The van der Waals surface area contributed by atoms with E-state index in [0.717, 1.165) is 11.1 Å². The summed E-state index contributed by atoms with van der Waals surface area (Å²) in [5.74, 6) is -0.0667. The molecule has 6 nitrogen and oxygen atoms in total. The fraction of sp³-hybridized carbons (Fsp3) is 0.273. The Kier molecular flexibility index (Phi) is 4.23. The number of aliphatic hydroxyl groups is 1. The minimum absolute atomic E-state index is 0.0905. The van der Waals surface area contributed by atoms with Crippen molar-refractivity contribution in [2.45, 2.75) is 38.4 Å². The van der Waals surface area contributed by atoms with E-state index in [9.17, 15) is 19.8 Å². The second-order valence-electron chi connectivity index (χ2n) is 7.77. The molecule has 3 N–H and O–H groups in total. The molecule has 2 heterocycles. The van der Waals surface area contributed by atoms with Gasteiger partial charge in [0.25, 0.3) is 11.8 Å². The van der Waals surface area contributed by atoms with Crippen LogP contribution < -0.4 is 10.1 Å². The number of carbonyl (C=O) groups excluding carboxylic acids is 2. The summed E-state index contributed by atoms with van der Waals surface area (Å²) in [6.45, 7) is 3.43. The smallest absolute Gasteiger partial charge is 0.259 e. The van der Waals surface area contributed by atoms with Crippen LogP contribution in [0.15, 0.2) is 48.0 Å². The first-order valence-corrected chi connectivity index (χ1v) is 9.11. The first-order valence-electron chi connectivity index (χ1n) is 9.11. The molecule has 0 bridgehead atoms. The zero-order valence-electron chi connectivity index (χ0n) is 15.7. The molecule has 2 aliphatic rings. The van der Waals surface area contributed by atoms with Crippen LogP contribution in [0, 0.1) is 0 Å². The number of phenolic OH excluding ortho intramolecular Hbond substituents is 1. The van der Waals surface area contributed by atoms with E-state index >= 15 is 0 Å². The van der Waals surface area contributed by atoms with Crippen LogP contribution in [0.2, 0.25) is 0 Å². The van der Waals surface area contributed by atoms with Gasteiger partial charge in [0.2, 0.25) is 0 Å². The summed E-state index contributed by atoms with van der Waals surface area (Å²) in [6.07, 6.45) is 0.581. The minimum atomic E-state index is -0.953. The molecule has 0 fully saturated rings. The first kappa shape index (κ1) is 18.3. The van der Waals surface area contributed by atoms with Gasteiger partial charge in [-0.2, -0.15) is 0 Å². The van der Waals surface area contributed by atoms with Crippen molar-refractivity contribution < 1.29 is 24.5 Å².